The third-order valence-corrected chi connectivity index (χ3v) is 4.14. The molecule has 0 bridgehead atoms. The van der Waals surface area contributed by atoms with Crippen molar-refractivity contribution in [3.8, 4) is 5.75 Å². The van der Waals surface area contributed by atoms with E-state index in [-0.39, 0.29) is 0 Å². The fourth-order valence-corrected chi connectivity index (χ4v) is 2.81. The first-order valence-electron chi connectivity index (χ1n) is 8.36. The Morgan fingerprint density at radius 1 is 1.00 bits per heavy atom. The summed E-state index contributed by atoms with van der Waals surface area (Å²) in [6.07, 6.45) is 1.70. The molecule has 26 heavy (non-hydrogen) atoms. The van der Waals surface area contributed by atoms with Gasteiger partial charge in [-0.05, 0) is 41.8 Å². The molecule has 0 aliphatic heterocycles. The van der Waals surface area contributed by atoms with Gasteiger partial charge in [0.05, 0.1) is 12.8 Å². The monoisotopic (exact) mass is 368 g/mol. The van der Waals surface area contributed by atoms with Crippen molar-refractivity contribution in [1.29, 1.82) is 0 Å². The van der Waals surface area contributed by atoms with E-state index in [0.717, 1.165) is 11.4 Å². The Bertz CT molecular complexity index is 898. The van der Waals surface area contributed by atoms with Gasteiger partial charge in [0.25, 0.3) is 0 Å². The number of benzene rings is 2. The number of hydrogen-bond donors (Lipinski definition) is 2. The van der Waals surface area contributed by atoms with Crippen LogP contribution in [0.15, 0.2) is 54.7 Å². The summed E-state index contributed by atoms with van der Waals surface area (Å²) in [4.78, 5) is 8.85. The first-order chi connectivity index (χ1) is 12.6. The zero-order valence-corrected chi connectivity index (χ0v) is 15.7. The number of anilines is 4. The zero-order valence-electron chi connectivity index (χ0n) is 15.0. The van der Waals surface area contributed by atoms with Gasteiger partial charge in [-0.25, -0.2) is 4.98 Å². The van der Waals surface area contributed by atoms with E-state index < -0.39 is 0 Å². The van der Waals surface area contributed by atoms with Crippen LogP contribution < -0.4 is 15.4 Å². The molecule has 0 saturated heterocycles. The molecule has 2 N–H and O–H groups in total. The second-order valence-corrected chi connectivity index (χ2v) is 6.54. The molecule has 1 aromatic heterocycles. The average molecular weight is 369 g/mol. The maximum Gasteiger partial charge on any atom is 0.229 e. The molecule has 0 amide bonds. The van der Waals surface area contributed by atoms with E-state index in [1.54, 1.807) is 31.5 Å². The SMILES string of the molecule is COc1ccc(Cl)cc1Nc1ccnc(Nc2ccccc2C(C)C)n1. The summed E-state index contributed by atoms with van der Waals surface area (Å²) < 4.78 is 5.36. The van der Waals surface area contributed by atoms with Crippen LogP contribution in [0.2, 0.25) is 5.02 Å². The Balaban J connectivity index is 1.85. The minimum atomic E-state index is 0.399. The maximum atomic E-state index is 6.08. The highest BCUT2D eigenvalue weighted by Crippen LogP contribution is 2.30. The van der Waals surface area contributed by atoms with E-state index in [9.17, 15) is 0 Å². The van der Waals surface area contributed by atoms with E-state index in [0.29, 0.717) is 28.5 Å². The molecule has 0 radical (unpaired) electrons. The van der Waals surface area contributed by atoms with E-state index in [4.69, 9.17) is 16.3 Å². The number of ether oxygens (including phenoxy) is 1. The molecule has 3 rings (SSSR count). The minimum absolute atomic E-state index is 0.399. The van der Waals surface area contributed by atoms with Crippen molar-refractivity contribution in [3.05, 3.63) is 65.3 Å². The topological polar surface area (TPSA) is 59.1 Å². The van der Waals surface area contributed by atoms with Gasteiger partial charge in [-0.1, -0.05) is 43.6 Å². The Morgan fingerprint density at radius 2 is 1.81 bits per heavy atom. The fraction of sp³-hybridized carbons (Fsp3) is 0.200. The summed E-state index contributed by atoms with van der Waals surface area (Å²) in [6, 6.07) is 15.3. The molecule has 1 heterocycles. The highest BCUT2D eigenvalue weighted by atomic mass is 35.5. The van der Waals surface area contributed by atoms with Crippen molar-refractivity contribution >= 4 is 34.7 Å². The molecule has 0 atom stereocenters. The Hall–Kier alpha value is -2.79. The Labute approximate surface area is 158 Å². The lowest BCUT2D eigenvalue weighted by molar-refractivity contribution is 0.417. The third kappa shape index (κ3) is 4.24. The summed E-state index contributed by atoms with van der Waals surface area (Å²) in [5.41, 5.74) is 2.96. The van der Waals surface area contributed by atoms with Crippen molar-refractivity contribution in [3.63, 3.8) is 0 Å². The van der Waals surface area contributed by atoms with Gasteiger partial charge >= 0.3 is 0 Å². The van der Waals surface area contributed by atoms with E-state index >= 15 is 0 Å². The van der Waals surface area contributed by atoms with E-state index in [2.05, 4.69) is 40.5 Å². The Morgan fingerprint density at radius 3 is 2.58 bits per heavy atom. The number of hydrogen-bond acceptors (Lipinski definition) is 5. The van der Waals surface area contributed by atoms with Crippen LogP contribution >= 0.6 is 11.6 Å². The lowest BCUT2D eigenvalue weighted by Crippen LogP contribution is -2.03. The van der Waals surface area contributed by atoms with Crippen LogP contribution in [0.4, 0.5) is 23.1 Å². The van der Waals surface area contributed by atoms with Gasteiger partial charge in [0, 0.05) is 16.9 Å². The van der Waals surface area contributed by atoms with E-state index in [1.807, 2.05) is 24.3 Å². The number of nitrogens with zero attached hydrogens (tertiary/aromatic N) is 2. The fourth-order valence-electron chi connectivity index (χ4n) is 2.64. The number of aromatic nitrogens is 2. The van der Waals surface area contributed by atoms with Crippen LogP contribution in [0.5, 0.6) is 5.75 Å². The summed E-state index contributed by atoms with van der Waals surface area (Å²) in [7, 11) is 1.62. The van der Waals surface area contributed by atoms with Gasteiger partial charge in [-0.15, -0.1) is 0 Å². The highest BCUT2D eigenvalue weighted by Gasteiger charge is 2.09. The van der Waals surface area contributed by atoms with Crippen LogP contribution in [0, 0.1) is 0 Å². The van der Waals surface area contributed by atoms with Crippen molar-refractivity contribution < 1.29 is 4.74 Å². The third-order valence-electron chi connectivity index (χ3n) is 3.91. The standard InChI is InChI=1S/C20H21ClN4O/c1-13(2)15-6-4-5-7-16(15)24-20-22-11-10-19(25-20)23-17-12-14(21)8-9-18(17)26-3/h4-13H,1-3H3,(H2,22,23,24,25). The molecule has 0 spiro atoms. The van der Waals surface area contributed by atoms with Gasteiger partial charge in [0.1, 0.15) is 11.6 Å². The first-order valence-corrected chi connectivity index (χ1v) is 8.74. The molecule has 0 fully saturated rings. The predicted octanol–water partition coefficient (Wildman–Crippen LogP) is 5.75. The van der Waals surface area contributed by atoms with Gasteiger partial charge in [0.15, 0.2) is 0 Å². The number of nitrogens with one attached hydrogen (secondary N) is 2. The molecule has 6 heteroatoms. The molecule has 3 aromatic rings. The average Bonchev–Trinajstić information content (AvgIpc) is 2.62. The zero-order chi connectivity index (χ0) is 18.5. The van der Waals surface area contributed by atoms with Gasteiger partial charge < -0.3 is 15.4 Å². The van der Waals surface area contributed by atoms with Crippen molar-refractivity contribution in [2.45, 2.75) is 19.8 Å². The van der Waals surface area contributed by atoms with Gasteiger partial charge in [-0.2, -0.15) is 4.98 Å². The quantitative estimate of drug-likeness (QED) is 0.580. The first kappa shape index (κ1) is 18.0. The second kappa shape index (κ2) is 8.06. The number of rotatable bonds is 6. The van der Waals surface area contributed by atoms with Crippen molar-refractivity contribution in [2.75, 3.05) is 17.7 Å². The number of para-hydroxylation sites is 1. The number of halogens is 1. The molecule has 2 aromatic carbocycles. The minimum Gasteiger partial charge on any atom is -0.495 e. The van der Waals surface area contributed by atoms with Crippen molar-refractivity contribution in [1.82, 2.24) is 9.97 Å². The molecular formula is C20H21ClN4O. The molecule has 0 unspecified atom stereocenters. The molecule has 0 aliphatic carbocycles. The van der Waals surface area contributed by atoms with Crippen LogP contribution in [0.1, 0.15) is 25.3 Å². The summed E-state index contributed by atoms with van der Waals surface area (Å²) in [5, 5.41) is 7.14. The lowest BCUT2D eigenvalue weighted by atomic mass is 10.0. The van der Waals surface area contributed by atoms with Crippen LogP contribution in [0.3, 0.4) is 0 Å². The predicted molar refractivity (Wildman–Crippen MR) is 107 cm³/mol. The smallest absolute Gasteiger partial charge is 0.229 e. The van der Waals surface area contributed by atoms with Gasteiger partial charge in [-0.3, -0.25) is 0 Å². The summed E-state index contributed by atoms with van der Waals surface area (Å²) >= 11 is 6.08. The number of methoxy groups -OCH3 is 1. The maximum absolute atomic E-state index is 6.08. The lowest BCUT2D eigenvalue weighted by Gasteiger charge is -2.14. The Kier molecular flexibility index (Phi) is 5.58. The molecule has 134 valence electrons. The van der Waals surface area contributed by atoms with Crippen LogP contribution in [0.25, 0.3) is 0 Å². The normalized spacial score (nSPS) is 10.7. The van der Waals surface area contributed by atoms with E-state index in [1.165, 1.54) is 5.56 Å². The molecule has 5 nitrogen and oxygen atoms in total. The largest absolute Gasteiger partial charge is 0.495 e. The van der Waals surface area contributed by atoms with Crippen LogP contribution in [-0.2, 0) is 0 Å². The molecule has 0 aliphatic rings. The highest BCUT2D eigenvalue weighted by molar-refractivity contribution is 6.31. The molecular weight excluding hydrogens is 348 g/mol. The van der Waals surface area contributed by atoms with Crippen molar-refractivity contribution in [2.24, 2.45) is 0 Å². The van der Waals surface area contributed by atoms with Crippen LogP contribution in [-0.4, -0.2) is 17.1 Å². The van der Waals surface area contributed by atoms with Gasteiger partial charge in [0.2, 0.25) is 5.95 Å². The summed E-state index contributed by atoms with van der Waals surface area (Å²) in [6.45, 7) is 4.32. The second-order valence-electron chi connectivity index (χ2n) is 6.10. The summed E-state index contributed by atoms with van der Waals surface area (Å²) in [5.74, 6) is 2.25. The molecule has 0 saturated carbocycles.